The van der Waals surface area contributed by atoms with Crippen LogP contribution in [0.1, 0.15) is 81.7 Å². The number of piperazine rings is 1. The van der Waals surface area contributed by atoms with Crippen LogP contribution < -0.4 is 14.4 Å². The van der Waals surface area contributed by atoms with Crippen LogP contribution in [0.25, 0.3) is 43.2 Å². The summed E-state index contributed by atoms with van der Waals surface area (Å²) >= 11 is 8.52. The van der Waals surface area contributed by atoms with E-state index in [1.807, 2.05) is 85.5 Å². The van der Waals surface area contributed by atoms with Crippen LogP contribution in [-0.4, -0.2) is 146 Å². The van der Waals surface area contributed by atoms with Gasteiger partial charge in [-0.15, -0.1) is 11.3 Å². The second kappa shape index (κ2) is 24.5. The molecule has 3 aliphatic heterocycles. The van der Waals surface area contributed by atoms with Gasteiger partial charge in [-0.2, -0.15) is 15.2 Å². The molecule has 4 aromatic carbocycles. The average molecular weight is 1160 g/mol. The van der Waals surface area contributed by atoms with Gasteiger partial charge in [-0.1, -0.05) is 87.5 Å². The summed E-state index contributed by atoms with van der Waals surface area (Å²) in [4.78, 5) is 62.8. The van der Waals surface area contributed by atoms with Crippen LogP contribution in [0.15, 0.2) is 95.5 Å². The van der Waals surface area contributed by atoms with Gasteiger partial charge in [0.2, 0.25) is 11.8 Å². The number of halogens is 3. The Morgan fingerprint density at radius 2 is 1.77 bits per heavy atom. The number of β-amino-alcohol motifs (C(OH)–C–C–N with tert-alkyl or cyclic N) is 1. The normalized spacial score (nSPS) is 19.1. The Hall–Kier alpha value is -7.57. The number of ketones is 1. The van der Waals surface area contributed by atoms with Crippen molar-refractivity contribution in [3.8, 4) is 45.3 Å². The van der Waals surface area contributed by atoms with Gasteiger partial charge in [0.05, 0.1) is 51.8 Å². The molecule has 3 saturated heterocycles. The third-order valence-electron chi connectivity index (χ3n) is 16.1. The molecule has 5 atom stereocenters. The number of nitrogens with zero attached hydrogens (tertiary/aromatic N) is 9. The van der Waals surface area contributed by atoms with Crippen LogP contribution in [-0.2, 0) is 14.4 Å². The van der Waals surface area contributed by atoms with Crippen LogP contribution in [0.3, 0.4) is 0 Å². The number of carbonyl (C=O) groups is 3. The average Bonchev–Trinajstić information content (AvgIpc) is 3.19. The fourth-order valence-electron chi connectivity index (χ4n) is 11.6. The number of aliphatic hydroxyl groups is 1. The predicted molar refractivity (Wildman–Crippen MR) is 308 cm³/mol. The highest BCUT2D eigenvalue weighted by molar-refractivity contribution is 7.13. The SMILES string of the molecule is C=CC(=O)N1CCN(c2nc(OCCN3CCC(F)(COc4cc([C@H](C(=O)N5C[C@H](O)C[C@H]5C(=O)C[C@@H](C)c5ccc(-c6scnc6C)cc5)C(C)C)on4)CC3)nc3c(F)c(-c4cc(O)cc5ccccc45)c(Cl)cc23)C[C@@H]1CC#N. The smallest absolute Gasteiger partial charge is 0.319 e. The summed E-state index contributed by atoms with van der Waals surface area (Å²) < 4.78 is 51.5. The van der Waals surface area contributed by atoms with E-state index in [0.717, 1.165) is 21.7 Å². The highest BCUT2D eigenvalue weighted by atomic mass is 35.5. The van der Waals surface area contributed by atoms with Crippen LogP contribution >= 0.6 is 22.9 Å². The minimum absolute atomic E-state index is 0.000775. The Balaban J connectivity index is 0.775. The van der Waals surface area contributed by atoms with E-state index in [0.29, 0.717) is 41.8 Å². The van der Waals surface area contributed by atoms with E-state index >= 15 is 8.78 Å². The summed E-state index contributed by atoms with van der Waals surface area (Å²) in [5.41, 5.74) is 3.39. The molecular weight excluding hydrogens is 1090 g/mol. The number of amides is 2. The fraction of sp³-hybridized carbons (Fsp3) is 0.410. The molecule has 2 N–H and O–H groups in total. The number of aromatic nitrogens is 4. The fourth-order valence-corrected chi connectivity index (χ4v) is 12.7. The standard InChI is InChI=1S/C61H64ClF2N9O8S/c1-6-52(77)72-22-21-71(31-41(72)15-18-65)58-46-29-47(62)54(45-27-42(74)26-40-9-7-8-10-44(40)45)55(63)56(46)67-60(68-58)79-24-23-70-19-16-61(64,17-20-70)33-80-51-30-50(81-69-51)53(35(2)3)59(78)73-32-43(75)28-48(73)49(76)25-36(4)38-11-13-39(14-12-38)57-37(5)66-34-82-57/h6-14,26-27,29-30,34-36,41,43,48,53,74-75H,1,15-17,19-25,28,31-33H2,2-5H3/t36-,41+,43-,48+,53-/m1/s1. The number of hydrogen-bond acceptors (Lipinski definition) is 16. The van der Waals surface area contributed by atoms with Gasteiger partial charge in [0.15, 0.2) is 17.4 Å². The molecule has 6 heterocycles. The zero-order valence-electron chi connectivity index (χ0n) is 46.1. The molecule has 0 bridgehead atoms. The van der Waals surface area contributed by atoms with Crippen LogP contribution in [0, 0.1) is 30.0 Å². The maximum absolute atomic E-state index is 17.3. The molecule has 3 aromatic heterocycles. The summed E-state index contributed by atoms with van der Waals surface area (Å²) in [6, 6.07) is 22.1. The Morgan fingerprint density at radius 3 is 2.49 bits per heavy atom. The number of phenols is 1. The van der Waals surface area contributed by atoms with Crippen LogP contribution in [0.4, 0.5) is 14.6 Å². The van der Waals surface area contributed by atoms with Crippen molar-refractivity contribution in [3.05, 3.63) is 119 Å². The molecule has 428 valence electrons. The molecule has 3 fully saturated rings. The molecule has 0 unspecified atom stereocenters. The number of likely N-dealkylation sites (tertiary alicyclic amines) is 2. The molecule has 82 heavy (non-hydrogen) atoms. The number of fused-ring (bicyclic) bond motifs is 2. The number of alkyl halides is 1. The summed E-state index contributed by atoms with van der Waals surface area (Å²) in [6.45, 7) is 12.8. The van der Waals surface area contributed by atoms with Crippen molar-refractivity contribution < 1.29 is 47.4 Å². The minimum Gasteiger partial charge on any atom is -0.508 e. The second-order valence-electron chi connectivity index (χ2n) is 22.0. The first-order valence-corrected chi connectivity index (χ1v) is 28.8. The number of phenolic OH excluding ortho intramolecular Hbond substituents is 1. The molecule has 3 aliphatic rings. The molecule has 0 saturated carbocycles. The molecule has 0 radical (unpaired) electrons. The van der Waals surface area contributed by atoms with Gasteiger partial charge in [0.1, 0.15) is 41.9 Å². The predicted octanol–water partition coefficient (Wildman–Crippen LogP) is 10.2. The Morgan fingerprint density at radius 1 is 1.00 bits per heavy atom. The van der Waals surface area contributed by atoms with E-state index < -0.39 is 35.6 Å². The topological polar surface area (TPSA) is 212 Å². The number of aromatic hydroxyl groups is 1. The van der Waals surface area contributed by atoms with Gasteiger partial charge < -0.3 is 38.9 Å². The van der Waals surface area contributed by atoms with E-state index in [2.05, 4.69) is 27.8 Å². The molecule has 21 heteroatoms. The number of aliphatic hydroxyl groups excluding tert-OH is 1. The van der Waals surface area contributed by atoms with Gasteiger partial charge in [-0.3, -0.25) is 19.3 Å². The lowest BCUT2D eigenvalue weighted by Crippen LogP contribution is -2.55. The number of nitriles is 1. The second-order valence-corrected chi connectivity index (χ2v) is 23.2. The van der Waals surface area contributed by atoms with E-state index in [1.54, 1.807) is 34.4 Å². The number of benzene rings is 4. The minimum atomic E-state index is -1.72. The summed E-state index contributed by atoms with van der Waals surface area (Å²) in [6.07, 6.45) is 0.914. The molecule has 0 aliphatic carbocycles. The van der Waals surface area contributed by atoms with Gasteiger partial charge in [-0.25, -0.2) is 13.8 Å². The summed E-state index contributed by atoms with van der Waals surface area (Å²) in [5.74, 6) is -2.42. The Labute approximate surface area is 482 Å². The molecule has 17 nitrogen and oxygen atoms in total. The third kappa shape index (κ3) is 12.1. The van der Waals surface area contributed by atoms with E-state index in [-0.39, 0.29) is 146 Å². The highest BCUT2D eigenvalue weighted by Crippen LogP contribution is 2.43. The molecule has 0 spiro atoms. The first-order chi connectivity index (χ1) is 39.4. The lowest BCUT2D eigenvalue weighted by Gasteiger charge is -2.41. The van der Waals surface area contributed by atoms with Crippen molar-refractivity contribution in [2.24, 2.45) is 5.92 Å². The van der Waals surface area contributed by atoms with Gasteiger partial charge >= 0.3 is 6.01 Å². The quantitative estimate of drug-likeness (QED) is 0.0721. The molecule has 2 amide bonds. The number of rotatable bonds is 19. The lowest BCUT2D eigenvalue weighted by molar-refractivity contribution is -0.140. The zero-order chi connectivity index (χ0) is 58.0. The van der Waals surface area contributed by atoms with E-state index in [1.165, 1.54) is 23.1 Å². The van der Waals surface area contributed by atoms with Crippen molar-refractivity contribution in [2.45, 2.75) is 95.5 Å². The first-order valence-electron chi connectivity index (χ1n) is 27.5. The highest BCUT2D eigenvalue weighted by Gasteiger charge is 2.44. The van der Waals surface area contributed by atoms with Gasteiger partial charge in [-0.05, 0) is 88.5 Å². The maximum atomic E-state index is 17.3. The first kappa shape index (κ1) is 57.7. The van der Waals surface area contributed by atoms with Gasteiger partial charge in [0, 0.05) is 75.7 Å². The number of aryl methyl sites for hydroxylation is 1. The molecule has 7 aromatic rings. The summed E-state index contributed by atoms with van der Waals surface area (Å²) in [7, 11) is 0. The summed E-state index contributed by atoms with van der Waals surface area (Å²) in [5, 5.41) is 36.9. The number of ether oxygens (including phenoxy) is 2. The van der Waals surface area contributed by atoms with Crippen molar-refractivity contribution in [1.29, 1.82) is 5.26 Å². The number of piperidine rings is 1. The van der Waals surface area contributed by atoms with E-state index in [4.69, 9.17) is 30.6 Å². The number of Topliss-reactive ketones (excluding diaryl/α,β-unsaturated/α-hetero) is 1. The van der Waals surface area contributed by atoms with Crippen molar-refractivity contribution >= 4 is 68.0 Å². The number of hydrogen-bond donors (Lipinski definition) is 2. The number of thiazole rings is 1. The Kier molecular flexibility index (Phi) is 17.2. The van der Waals surface area contributed by atoms with Crippen molar-refractivity contribution in [2.75, 3.05) is 63.9 Å². The van der Waals surface area contributed by atoms with Crippen molar-refractivity contribution in [1.82, 2.24) is 34.8 Å². The van der Waals surface area contributed by atoms with Crippen LogP contribution in [0.5, 0.6) is 17.6 Å². The monoisotopic (exact) mass is 1160 g/mol. The molecular formula is C61H64ClF2N9O8S. The number of carbonyl (C=O) groups excluding carboxylic acids is 3. The largest absolute Gasteiger partial charge is 0.508 e. The van der Waals surface area contributed by atoms with Crippen LogP contribution in [0.2, 0.25) is 5.02 Å². The Bertz CT molecular complexity index is 3570. The zero-order valence-corrected chi connectivity index (χ0v) is 47.6. The van der Waals surface area contributed by atoms with Gasteiger partial charge in [0.25, 0.3) is 5.88 Å². The maximum Gasteiger partial charge on any atom is 0.319 e. The van der Waals surface area contributed by atoms with E-state index in [9.17, 15) is 29.9 Å². The number of anilines is 1. The molecule has 10 rings (SSSR count). The third-order valence-corrected chi connectivity index (χ3v) is 17.3. The van der Waals surface area contributed by atoms with Crippen molar-refractivity contribution in [3.63, 3.8) is 0 Å². The lowest BCUT2D eigenvalue weighted by atomic mass is 9.89.